The second-order valence-electron chi connectivity index (χ2n) is 5.72. The number of aldehydes is 1. The monoisotopic (exact) mass is 342 g/mol. The number of hydrogen-bond donors (Lipinski definition) is 3. The molecule has 0 aromatic heterocycles. The fourth-order valence-corrected chi connectivity index (χ4v) is 4.00. The molecule has 1 aromatic carbocycles. The van der Waals surface area contributed by atoms with E-state index in [4.69, 9.17) is 0 Å². The molecule has 1 heterocycles. The topological polar surface area (TPSA) is 107 Å². The summed E-state index contributed by atoms with van der Waals surface area (Å²) in [6.45, 7) is 1.99. The van der Waals surface area contributed by atoms with Crippen LogP contribution in [0.5, 0.6) is 5.75 Å². The van der Waals surface area contributed by atoms with Crippen LogP contribution in [0.4, 0.5) is 5.69 Å². The zero-order chi connectivity index (χ0) is 17.0. The van der Waals surface area contributed by atoms with Crippen molar-refractivity contribution in [1.29, 1.82) is 0 Å². The first kappa shape index (κ1) is 17.7. The summed E-state index contributed by atoms with van der Waals surface area (Å²) in [5.41, 5.74) is 0.847. The molecule has 2 atom stereocenters. The summed E-state index contributed by atoms with van der Waals surface area (Å²) in [5, 5.41) is 20.0. The first-order valence-corrected chi connectivity index (χ1v) is 9.06. The summed E-state index contributed by atoms with van der Waals surface area (Å²) in [4.78, 5) is 10.8. The van der Waals surface area contributed by atoms with Crippen molar-refractivity contribution in [2.75, 3.05) is 10.8 Å². The highest BCUT2D eigenvalue weighted by molar-refractivity contribution is 7.91. The minimum atomic E-state index is -3.83. The Morgan fingerprint density at radius 3 is 2.78 bits per heavy atom. The number of nitrogens with one attached hydrogen (secondary N) is 1. The second kappa shape index (κ2) is 7.29. The van der Waals surface area contributed by atoms with Gasteiger partial charge < -0.3 is 15.0 Å². The number of aromatic hydroxyl groups is 1. The number of phenols is 1. The molecular formula is C15H22N2O5S. The zero-order valence-electron chi connectivity index (χ0n) is 13.0. The van der Waals surface area contributed by atoms with E-state index < -0.39 is 22.4 Å². The Labute approximate surface area is 136 Å². The molecule has 0 radical (unpaired) electrons. The maximum atomic E-state index is 12.0. The van der Waals surface area contributed by atoms with E-state index in [9.17, 15) is 23.4 Å². The summed E-state index contributed by atoms with van der Waals surface area (Å²) in [7, 11) is -3.83. The third-order valence-corrected chi connectivity index (χ3v) is 5.31. The van der Waals surface area contributed by atoms with Gasteiger partial charge in [-0.15, -0.1) is 0 Å². The third kappa shape index (κ3) is 4.21. The molecule has 8 heteroatoms. The minimum absolute atomic E-state index is 0.0577. The van der Waals surface area contributed by atoms with Gasteiger partial charge in [0.1, 0.15) is 12.0 Å². The molecule has 3 N–H and O–H groups in total. The molecule has 128 valence electrons. The van der Waals surface area contributed by atoms with E-state index in [1.54, 1.807) is 6.07 Å². The van der Waals surface area contributed by atoms with Crippen molar-refractivity contribution in [3.05, 3.63) is 23.8 Å². The van der Waals surface area contributed by atoms with E-state index >= 15 is 0 Å². The largest absolute Gasteiger partial charge is 0.506 e. The standard InChI is InChI=1S/C15H22N2O5S/c1-2-3-4-13(19)7-11-5-6-14(15(20)8-11)17-9-12(10-18)16-23(17,21)22/h5-6,8,10,12-13,16,19-20H,2-4,7,9H2,1H3. The van der Waals surface area contributed by atoms with Crippen molar-refractivity contribution in [2.45, 2.75) is 44.8 Å². The molecule has 1 aliphatic rings. The van der Waals surface area contributed by atoms with E-state index in [1.807, 2.05) is 6.92 Å². The number of carbonyl (C=O) groups is 1. The van der Waals surface area contributed by atoms with E-state index in [2.05, 4.69) is 4.72 Å². The van der Waals surface area contributed by atoms with Crippen LogP contribution in [0, 0.1) is 0 Å². The average molecular weight is 342 g/mol. The van der Waals surface area contributed by atoms with E-state index in [-0.39, 0.29) is 18.0 Å². The van der Waals surface area contributed by atoms with Gasteiger partial charge in [-0.05, 0) is 30.5 Å². The molecule has 23 heavy (non-hydrogen) atoms. The number of benzene rings is 1. The summed E-state index contributed by atoms with van der Waals surface area (Å²) in [6.07, 6.45) is 3.04. The summed E-state index contributed by atoms with van der Waals surface area (Å²) in [5.74, 6) is -0.192. The summed E-state index contributed by atoms with van der Waals surface area (Å²) >= 11 is 0. The predicted molar refractivity (Wildman–Crippen MR) is 86.6 cm³/mol. The van der Waals surface area contributed by atoms with Gasteiger partial charge >= 0.3 is 10.2 Å². The molecule has 0 saturated carbocycles. The van der Waals surface area contributed by atoms with Crippen molar-refractivity contribution in [2.24, 2.45) is 0 Å². The highest BCUT2D eigenvalue weighted by atomic mass is 32.2. The third-order valence-electron chi connectivity index (χ3n) is 3.79. The van der Waals surface area contributed by atoms with Crippen LogP contribution >= 0.6 is 0 Å². The van der Waals surface area contributed by atoms with Gasteiger partial charge in [-0.1, -0.05) is 25.8 Å². The molecule has 7 nitrogen and oxygen atoms in total. The molecule has 0 spiro atoms. The van der Waals surface area contributed by atoms with Crippen molar-refractivity contribution >= 4 is 22.2 Å². The predicted octanol–water partition coefficient (Wildman–Crippen LogP) is 0.708. The van der Waals surface area contributed by atoms with Gasteiger partial charge in [-0.3, -0.25) is 4.31 Å². The van der Waals surface area contributed by atoms with E-state index in [0.29, 0.717) is 19.1 Å². The highest BCUT2D eigenvalue weighted by Crippen LogP contribution is 2.32. The Morgan fingerprint density at radius 1 is 1.48 bits per heavy atom. The number of anilines is 1. The SMILES string of the molecule is CCCCC(O)Cc1ccc(N2CC(C=O)NS2(=O)=O)c(O)c1. The zero-order valence-corrected chi connectivity index (χ0v) is 13.8. The molecule has 0 aliphatic carbocycles. The smallest absolute Gasteiger partial charge is 0.302 e. The molecule has 1 fully saturated rings. The number of unbranched alkanes of at least 4 members (excludes halogenated alkanes) is 1. The van der Waals surface area contributed by atoms with Gasteiger partial charge in [0.25, 0.3) is 0 Å². The van der Waals surface area contributed by atoms with Crippen LogP contribution in [0.2, 0.25) is 0 Å². The maximum Gasteiger partial charge on any atom is 0.302 e. The quantitative estimate of drug-likeness (QED) is 0.633. The van der Waals surface area contributed by atoms with Gasteiger partial charge in [0.2, 0.25) is 0 Å². The molecule has 0 bridgehead atoms. The molecular weight excluding hydrogens is 320 g/mol. The van der Waals surface area contributed by atoms with E-state index in [1.165, 1.54) is 12.1 Å². The van der Waals surface area contributed by atoms with Crippen LogP contribution in [-0.2, 0) is 21.4 Å². The normalized spacial score (nSPS) is 21.3. The number of nitrogens with zero attached hydrogens (tertiary/aromatic N) is 1. The second-order valence-corrected chi connectivity index (χ2v) is 7.35. The Bertz CT molecular complexity index is 662. The lowest BCUT2D eigenvalue weighted by Crippen LogP contribution is -2.30. The molecule has 1 aromatic rings. The first-order valence-electron chi connectivity index (χ1n) is 7.62. The summed E-state index contributed by atoms with van der Waals surface area (Å²) < 4.78 is 27.1. The first-order chi connectivity index (χ1) is 10.9. The molecule has 1 saturated heterocycles. The fraction of sp³-hybridized carbons (Fsp3) is 0.533. The van der Waals surface area contributed by atoms with Crippen molar-refractivity contribution in [3.8, 4) is 5.75 Å². The maximum absolute atomic E-state index is 12.0. The van der Waals surface area contributed by atoms with Crippen LogP contribution < -0.4 is 9.03 Å². The number of carbonyl (C=O) groups excluding carboxylic acids is 1. The van der Waals surface area contributed by atoms with Gasteiger partial charge in [0, 0.05) is 0 Å². The fourth-order valence-electron chi connectivity index (χ4n) is 2.59. The van der Waals surface area contributed by atoms with Crippen LogP contribution in [0.3, 0.4) is 0 Å². The Balaban J connectivity index is 2.15. The number of rotatable bonds is 7. The summed E-state index contributed by atoms with van der Waals surface area (Å²) in [6, 6.07) is 3.79. The Hall–Kier alpha value is -1.64. The number of aliphatic hydroxyl groups is 1. The number of hydrogen-bond acceptors (Lipinski definition) is 5. The molecule has 2 rings (SSSR count). The number of phenolic OH excluding ortho intramolecular Hbond substituents is 1. The van der Waals surface area contributed by atoms with Crippen LogP contribution in [0.25, 0.3) is 0 Å². The van der Waals surface area contributed by atoms with Crippen LogP contribution in [-0.4, -0.2) is 43.6 Å². The molecule has 2 unspecified atom stereocenters. The van der Waals surface area contributed by atoms with Crippen LogP contribution in [0.1, 0.15) is 31.7 Å². The number of aliphatic hydroxyl groups excluding tert-OH is 1. The molecule has 0 amide bonds. The van der Waals surface area contributed by atoms with Gasteiger partial charge in [0.15, 0.2) is 0 Å². The highest BCUT2D eigenvalue weighted by Gasteiger charge is 2.36. The van der Waals surface area contributed by atoms with E-state index in [0.717, 1.165) is 22.7 Å². The Kier molecular flexibility index (Phi) is 5.61. The van der Waals surface area contributed by atoms with Gasteiger partial charge in [0.05, 0.1) is 24.4 Å². The van der Waals surface area contributed by atoms with Gasteiger partial charge in [-0.2, -0.15) is 13.1 Å². The van der Waals surface area contributed by atoms with Crippen molar-refractivity contribution in [3.63, 3.8) is 0 Å². The Morgan fingerprint density at radius 2 is 2.22 bits per heavy atom. The lowest BCUT2D eigenvalue weighted by molar-refractivity contribution is -0.108. The van der Waals surface area contributed by atoms with Crippen LogP contribution in [0.15, 0.2) is 18.2 Å². The molecule has 1 aliphatic heterocycles. The average Bonchev–Trinajstić information content (AvgIpc) is 2.80. The van der Waals surface area contributed by atoms with Crippen molar-refractivity contribution < 1.29 is 23.4 Å². The van der Waals surface area contributed by atoms with Gasteiger partial charge in [-0.25, -0.2) is 0 Å². The lowest BCUT2D eigenvalue weighted by Gasteiger charge is -2.18. The lowest BCUT2D eigenvalue weighted by atomic mass is 10.0. The van der Waals surface area contributed by atoms with Crippen molar-refractivity contribution in [1.82, 2.24) is 4.72 Å². The minimum Gasteiger partial charge on any atom is -0.506 e.